The van der Waals surface area contributed by atoms with Crippen LogP contribution in [-0.4, -0.2) is 34.4 Å². The average Bonchev–Trinajstić information content (AvgIpc) is 3.01. The molecule has 2 N–H and O–H groups in total. The fourth-order valence-electron chi connectivity index (χ4n) is 2.32. The summed E-state index contributed by atoms with van der Waals surface area (Å²) in [5.74, 6) is 0.599. The van der Waals surface area contributed by atoms with E-state index in [-0.39, 0.29) is 11.9 Å². The van der Waals surface area contributed by atoms with Crippen LogP contribution >= 0.6 is 23.1 Å². The second-order valence-corrected chi connectivity index (χ2v) is 6.66. The van der Waals surface area contributed by atoms with Crippen LogP contribution in [0.15, 0.2) is 4.34 Å². The van der Waals surface area contributed by atoms with Gasteiger partial charge in [0.05, 0.1) is 12.7 Å². The van der Waals surface area contributed by atoms with Crippen LogP contribution in [0.4, 0.5) is 5.13 Å². The molecule has 1 aromatic heterocycles. The second-order valence-electron chi connectivity index (χ2n) is 4.39. The Morgan fingerprint density at radius 1 is 1.41 bits per heavy atom. The quantitative estimate of drug-likeness (QED) is 0.848. The maximum atomic E-state index is 6.02. The lowest BCUT2D eigenvalue weighted by Crippen LogP contribution is -2.27. The largest absolute Gasteiger partial charge is 0.374 e. The number of anilines is 1. The van der Waals surface area contributed by atoms with Crippen molar-refractivity contribution in [2.24, 2.45) is 0 Å². The van der Waals surface area contributed by atoms with Crippen molar-refractivity contribution < 1.29 is 9.47 Å². The van der Waals surface area contributed by atoms with Gasteiger partial charge < -0.3 is 15.2 Å². The third-order valence-electron chi connectivity index (χ3n) is 3.09. The molecule has 2 fully saturated rings. The van der Waals surface area contributed by atoms with Crippen molar-refractivity contribution in [3.05, 3.63) is 0 Å². The van der Waals surface area contributed by atoms with E-state index in [9.17, 15) is 0 Å². The molecular weight excluding hydrogens is 258 g/mol. The smallest absolute Gasteiger partial charge is 0.203 e. The molecule has 2 heterocycles. The van der Waals surface area contributed by atoms with Gasteiger partial charge in [-0.25, -0.2) is 0 Å². The van der Waals surface area contributed by atoms with Crippen molar-refractivity contribution in [2.45, 2.75) is 41.9 Å². The molecule has 1 atom stereocenters. The van der Waals surface area contributed by atoms with Gasteiger partial charge in [-0.3, -0.25) is 0 Å². The number of ether oxygens (including phenoxy) is 2. The standard InChI is InChI=1S/C10H15N3O2S2/c11-8-12-13-9(17-8)16-6-7-5-14-10(15-7)3-1-2-4-10/h7H,1-6H2,(H2,11,12). The lowest BCUT2D eigenvalue weighted by molar-refractivity contribution is -0.159. The number of hydrogen-bond donors (Lipinski definition) is 1. The predicted octanol–water partition coefficient (Wildman–Crippen LogP) is 1.90. The van der Waals surface area contributed by atoms with E-state index in [2.05, 4.69) is 10.2 Å². The minimum atomic E-state index is -0.259. The molecule has 1 saturated heterocycles. The van der Waals surface area contributed by atoms with Crippen LogP contribution in [0.1, 0.15) is 25.7 Å². The van der Waals surface area contributed by atoms with E-state index >= 15 is 0 Å². The molecule has 0 aromatic carbocycles. The van der Waals surface area contributed by atoms with Crippen molar-refractivity contribution in [3.63, 3.8) is 0 Å². The summed E-state index contributed by atoms with van der Waals surface area (Å²) in [5.41, 5.74) is 5.53. The lowest BCUT2D eigenvalue weighted by Gasteiger charge is -2.21. The zero-order chi connectivity index (χ0) is 11.7. The minimum Gasteiger partial charge on any atom is -0.374 e. The number of thioether (sulfide) groups is 1. The Morgan fingerprint density at radius 3 is 2.94 bits per heavy atom. The molecular formula is C10H15N3O2S2. The Kier molecular flexibility index (Phi) is 3.25. The van der Waals surface area contributed by atoms with Gasteiger partial charge in [0.25, 0.3) is 0 Å². The number of aromatic nitrogens is 2. The fraction of sp³-hybridized carbons (Fsp3) is 0.800. The predicted molar refractivity (Wildman–Crippen MR) is 67.1 cm³/mol. The summed E-state index contributed by atoms with van der Waals surface area (Å²) < 4.78 is 12.7. The summed E-state index contributed by atoms with van der Waals surface area (Å²) >= 11 is 3.06. The summed E-state index contributed by atoms with van der Waals surface area (Å²) in [4.78, 5) is 0. The van der Waals surface area contributed by atoms with E-state index in [1.807, 2.05) is 0 Å². The minimum absolute atomic E-state index is 0.170. The third-order valence-corrected chi connectivity index (χ3v) is 5.11. The first kappa shape index (κ1) is 11.7. The SMILES string of the molecule is Nc1nnc(SCC2COC3(CCCC3)O2)s1. The molecule has 1 spiro atoms. The van der Waals surface area contributed by atoms with Gasteiger partial charge in [0.1, 0.15) is 0 Å². The molecule has 0 bridgehead atoms. The first-order valence-electron chi connectivity index (χ1n) is 5.79. The van der Waals surface area contributed by atoms with Gasteiger partial charge in [0, 0.05) is 18.6 Å². The second kappa shape index (κ2) is 4.72. The Bertz CT molecular complexity index is 393. The summed E-state index contributed by atoms with van der Waals surface area (Å²) in [5, 5.41) is 8.28. The van der Waals surface area contributed by atoms with Crippen LogP contribution < -0.4 is 5.73 Å². The average molecular weight is 273 g/mol. The lowest BCUT2D eigenvalue weighted by atomic mass is 10.2. The molecule has 1 aromatic rings. The van der Waals surface area contributed by atoms with E-state index in [0.29, 0.717) is 11.7 Å². The monoisotopic (exact) mass is 273 g/mol. The highest BCUT2D eigenvalue weighted by atomic mass is 32.2. The Balaban J connectivity index is 1.50. The molecule has 1 unspecified atom stereocenters. The van der Waals surface area contributed by atoms with E-state index < -0.39 is 0 Å². The third kappa shape index (κ3) is 2.57. The molecule has 2 aliphatic rings. The molecule has 1 aliphatic heterocycles. The van der Waals surface area contributed by atoms with Gasteiger partial charge in [-0.15, -0.1) is 10.2 Å². The normalized spacial score (nSPS) is 26.9. The van der Waals surface area contributed by atoms with Crippen molar-refractivity contribution in [3.8, 4) is 0 Å². The first-order valence-corrected chi connectivity index (χ1v) is 7.60. The van der Waals surface area contributed by atoms with Crippen molar-refractivity contribution in [1.29, 1.82) is 0 Å². The maximum Gasteiger partial charge on any atom is 0.203 e. The van der Waals surface area contributed by atoms with E-state index in [0.717, 1.165) is 22.9 Å². The number of nitrogens with two attached hydrogens (primary N) is 1. The molecule has 7 heteroatoms. The fourth-order valence-corrected chi connectivity index (χ4v) is 3.95. The zero-order valence-corrected chi connectivity index (χ0v) is 11.1. The number of nitrogens with zero attached hydrogens (tertiary/aromatic N) is 2. The summed E-state index contributed by atoms with van der Waals surface area (Å²) in [6.45, 7) is 0.696. The van der Waals surface area contributed by atoms with E-state index in [4.69, 9.17) is 15.2 Å². The number of rotatable bonds is 3. The van der Waals surface area contributed by atoms with E-state index in [1.54, 1.807) is 11.8 Å². The van der Waals surface area contributed by atoms with Gasteiger partial charge in [0.15, 0.2) is 10.1 Å². The van der Waals surface area contributed by atoms with Crippen LogP contribution in [0, 0.1) is 0 Å². The molecule has 17 heavy (non-hydrogen) atoms. The van der Waals surface area contributed by atoms with Gasteiger partial charge in [-0.05, 0) is 12.8 Å². The highest BCUT2D eigenvalue weighted by molar-refractivity contribution is 8.01. The van der Waals surface area contributed by atoms with Crippen LogP contribution in [-0.2, 0) is 9.47 Å². The van der Waals surface area contributed by atoms with Gasteiger partial charge in [0.2, 0.25) is 5.13 Å². The molecule has 1 saturated carbocycles. The zero-order valence-electron chi connectivity index (χ0n) is 9.42. The Labute approximate surface area is 108 Å². The molecule has 5 nitrogen and oxygen atoms in total. The summed E-state index contributed by atoms with van der Waals surface area (Å²) in [6, 6.07) is 0. The highest BCUT2D eigenvalue weighted by Gasteiger charge is 2.43. The van der Waals surface area contributed by atoms with Gasteiger partial charge >= 0.3 is 0 Å². The molecule has 1 aliphatic carbocycles. The first-order chi connectivity index (χ1) is 8.26. The van der Waals surface area contributed by atoms with Crippen molar-refractivity contribution in [1.82, 2.24) is 10.2 Å². The number of nitrogen functional groups attached to an aromatic ring is 1. The molecule has 3 rings (SSSR count). The molecule has 0 radical (unpaired) electrons. The van der Waals surface area contributed by atoms with Crippen LogP contribution in [0.25, 0.3) is 0 Å². The number of hydrogen-bond acceptors (Lipinski definition) is 7. The summed E-state index contributed by atoms with van der Waals surface area (Å²) in [6.07, 6.45) is 4.68. The van der Waals surface area contributed by atoms with Gasteiger partial charge in [-0.2, -0.15) is 0 Å². The van der Waals surface area contributed by atoms with Crippen LogP contribution in [0.2, 0.25) is 0 Å². The van der Waals surface area contributed by atoms with Crippen LogP contribution in [0.3, 0.4) is 0 Å². The maximum absolute atomic E-state index is 6.02. The topological polar surface area (TPSA) is 70.3 Å². The van der Waals surface area contributed by atoms with Crippen molar-refractivity contribution in [2.75, 3.05) is 18.1 Å². The highest BCUT2D eigenvalue weighted by Crippen LogP contribution is 2.40. The van der Waals surface area contributed by atoms with Crippen LogP contribution in [0.5, 0.6) is 0 Å². The van der Waals surface area contributed by atoms with Crippen molar-refractivity contribution >= 4 is 28.2 Å². The van der Waals surface area contributed by atoms with E-state index in [1.165, 1.54) is 24.2 Å². The Hall–Kier alpha value is -0.370. The summed E-state index contributed by atoms with van der Waals surface area (Å²) in [7, 11) is 0. The van der Waals surface area contributed by atoms with Gasteiger partial charge in [-0.1, -0.05) is 23.1 Å². The molecule has 0 amide bonds. The molecule has 94 valence electrons. The Morgan fingerprint density at radius 2 is 2.24 bits per heavy atom.